The number of carboxylic acids is 1. The van der Waals surface area contributed by atoms with Gasteiger partial charge in [0.1, 0.15) is 6.04 Å². The second-order valence-electron chi connectivity index (χ2n) is 3.97. The quantitative estimate of drug-likeness (QED) is 0.583. The molecule has 6 nitrogen and oxygen atoms in total. The normalized spacial score (nSPS) is 26.4. The van der Waals surface area contributed by atoms with Gasteiger partial charge in [-0.1, -0.05) is 0 Å². The van der Waals surface area contributed by atoms with Crippen molar-refractivity contribution in [1.82, 2.24) is 10.6 Å². The molecule has 0 aromatic rings. The molecular weight excluding hydrogens is 212 g/mol. The van der Waals surface area contributed by atoms with Gasteiger partial charge < -0.3 is 20.5 Å². The molecule has 0 aliphatic carbocycles. The van der Waals surface area contributed by atoms with Crippen LogP contribution in [-0.4, -0.2) is 48.3 Å². The molecule has 0 saturated carbocycles. The third-order valence-corrected chi connectivity index (χ3v) is 2.64. The fraction of sp³-hybridized carbons (Fsp3) is 0.800. The first-order valence-electron chi connectivity index (χ1n) is 5.35. The fourth-order valence-electron chi connectivity index (χ4n) is 1.71. The van der Waals surface area contributed by atoms with Gasteiger partial charge in [0.2, 0.25) is 5.91 Å². The van der Waals surface area contributed by atoms with Gasteiger partial charge in [0.15, 0.2) is 0 Å². The molecule has 1 aliphatic heterocycles. The highest BCUT2D eigenvalue weighted by Gasteiger charge is 2.26. The maximum atomic E-state index is 10.8. The molecule has 0 radical (unpaired) electrons. The summed E-state index contributed by atoms with van der Waals surface area (Å²) in [6.45, 7) is 4.15. The number of hydrogen-bond acceptors (Lipinski definition) is 4. The molecule has 3 unspecified atom stereocenters. The first-order valence-corrected chi connectivity index (χ1v) is 5.35. The number of ether oxygens (including phenoxy) is 1. The highest BCUT2D eigenvalue weighted by atomic mass is 16.5. The number of amides is 1. The lowest BCUT2D eigenvalue weighted by molar-refractivity contribution is -0.141. The summed E-state index contributed by atoms with van der Waals surface area (Å²) in [4.78, 5) is 21.6. The molecule has 6 heteroatoms. The molecule has 16 heavy (non-hydrogen) atoms. The molecular formula is C10H18N2O4. The molecule has 0 aromatic heterocycles. The number of aliphatic carboxylic acids is 1. The van der Waals surface area contributed by atoms with Crippen LogP contribution in [0.4, 0.5) is 0 Å². The Kier molecular flexibility index (Phi) is 4.70. The highest BCUT2D eigenvalue weighted by molar-refractivity contribution is 5.82. The molecule has 3 N–H and O–H groups in total. The van der Waals surface area contributed by atoms with Crippen LogP contribution >= 0.6 is 0 Å². The Morgan fingerprint density at radius 2 is 2.25 bits per heavy atom. The Labute approximate surface area is 94.3 Å². The van der Waals surface area contributed by atoms with E-state index in [-0.39, 0.29) is 24.6 Å². The third-order valence-electron chi connectivity index (χ3n) is 2.64. The summed E-state index contributed by atoms with van der Waals surface area (Å²) >= 11 is 0. The van der Waals surface area contributed by atoms with Gasteiger partial charge in [0, 0.05) is 26.1 Å². The summed E-state index contributed by atoms with van der Waals surface area (Å²) in [5.74, 6) is -1.38. The second-order valence-corrected chi connectivity index (χ2v) is 3.97. The van der Waals surface area contributed by atoms with Crippen molar-refractivity contribution in [3.8, 4) is 0 Å². The van der Waals surface area contributed by atoms with E-state index >= 15 is 0 Å². The molecule has 0 aromatic carbocycles. The molecule has 0 spiro atoms. The Hall–Kier alpha value is -1.14. The van der Waals surface area contributed by atoms with Crippen molar-refractivity contribution in [2.24, 2.45) is 0 Å². The lowest BCUT2D eigenvalue weighted by Gasteiger charge is -2.19. The molecule has 3 atom stereocenters. The number of carbonyl (C=O) groups is 2. The van der Waals surface area contributed by atoms with E-state index in [2.05, 4.69) is 10.6 Å². The van der Waals surface area contributed by atoms with Gasteiger partial charge in [-0.05, 0) is 13.3 Å². The largest absolute Gasteiger partial charge is 0.480 e. The number of carboxylic acid groups (broad SMARTS) is 1. The Morgan fingerprint density at radius 1 is 1.56 bits per heavy atom. The first kappa shape index (κ1) is 12.9. The van der Waals surface area contributed by atoms with E-state index in [4.69, 9.17) is 9.84 Å². The standard InChI is InChI=1S/C10H18N2O4/c1-6-8(3-4-16-6)11-5-9(10(14)15)12-7(2)13/h6,8-9,11H,3-5H2,1-2H3,(H,12,13)(H,14,15). The smallest absolute Gasteiger partial charge is 0.327 e. The SMILES string of the molecule is CC(=O)NC(CNC1CCOC1C)C(=O)O. The van der Waals surface area contributed by atoms with E-state index in [1.807, 2.05) is 6.92 Å². The Morgan fingerprint density at radius 3 is 2.69 bits per heavy atom. The zero-order chi connectivity index (χ0) is 12.1. The summed E-state index contributed by atoms with van der Waals surface area (Å²) in [6.07, 6.45) is 0.958. The highest BCUT2D eigenvalue weighted by Crippen LogP contribution is 2.12. The van der Waals surface area contributed by atoms with Crippen LogP contribution in [0.3, 0.4) is 0 Å². The van der Waals surface area contributed by atoms with E-state index in [1.165, 1.54) is 6.92 Å². The maximum absolute atomic E-state index is 10.8. The minimum Gasteiger partial charge on any atom is -0.480 e. The average Bonchev–Trinajstić information content (AvgIpc) is 2.57. The zero-order valence-electron chi connectivity index (χ0n) is 9.53. The molecule has 1 heterocycles. The van der Waals surface area contributed by atoms with Crippen molar-refractivity contribution >= 4 is 11.9 Å². The van der Waals surface area contributed by atoms with Gasteiger partial charge >= 0.3 is 5.97 Å². The van der Waals surface area contributed by atoms with Crippen LogP contribution in [-0.2, 0) is 14.3 Å². The number of nitrogens with one attached hydrogen (secondary N) is 2. The number of hydrogen-bond donors (Lipinski definition) is 3. The monoisotopic (exact) mass is 230 g/mol. The topological polar surface area (TPSA) is 87.7 Å². The fourth-order valence-corrected chi connectivity index (χ4v) is 1.71. The molecule has 0 bridgehead atoms. The predicted molar refractivity (Wildman–Crippen MR) is 57.1 cm³/mol. The predicted octanol–water partition coefficient (Wildman–Crippen LogP) is -0.657. The maximum Gasteiger partial charge on any atom is 0.327 e. The number of rotatable bonds is 5. The summed E-state index contributed by atoms with van der Waals surface area (Å²) in [5.41, 5.74) is 0. The van der Waals surface area contributed by atoms with Crippen molar-refractivity contribution in [2.45, 2.75) is 38.5 Å². The van der Waals surface area contributed by atoms with Crippen LogP contribution in [0.5, 0.6) is 0 Å². The minimum atomic E-state index is -1.03. The van der Waals surface area contributed by atoms with Crippen LogP contribution in [0.25, 0.3) is 0 Å². The van der Waals surface area contributed by atoms with Crippen LogP contribution < -0.4 is 10.6 Å². The van der Waals surface area contributed by atoms with E-state index in [0.717, 1.165) is 6.42 Å². The molecule has 1 rings (SSSR count). The van der Waals surface area contributed by atoms with Gasteiger partial charge in [-0.25, -0.2) is 4.79 Å². The van der Waals surface area contributed by atoms with Crippen LogP contribution in [0.15, 0.2) is 0 Å². The van der Waals surface area contributed by atoms with E-state index in [1.54, 1.807) is 0 Å². The van der Waals surface area contributed by atoms with Gasteiger partial charge in [0.25, 0.3) is 0 Å². The zero-order valence-corrected chi connectivity index (χ0v) is 9.53. The van der Waals surface area contributed by atoms with Gasteiger partial charge in [-0.2, -0.15) is 0 Å². The molecule has 1 fully saturated rings. The lowest BCUT2D eigenvalue weighted by atomic mass is 10.1. The molecule has 92 valence electrons. The summed E-state index contributed by atoms with van der Waals surface area (Å²) < 4.78 is 5.34. The van der Waals surface area contributed by atoms with E-state index in [0.29, 0.717) is 6.61 Å². The van der Waals surface area contributed by atoms with Crippen molar-refractivity contribution in [2.75, 3.05) is 13.2 Å². The van der Waals surface area contributed by atoms with Crippen molar-refractivity contribution < 1.29 is 19.4 Å². The average molecular weight is 230 g/mol. The van der Waals surface area contributed by atoms with Crippen molar-refractivity contribution in [1.29, 1.82) is 0 Å². The second kappa shape index (κ2) is 5.81. The molecule has 1 saturated heterocycles. The number of carbonyl (C=O) groups excluding carboxylic acids is 1. The van der Waals surface area contributed by atoms with Gasteiger partial charge in [-0.3, -0.25) is 4.79 Å². The van der Waals surface area contributed by atoms with Crippen LogP contribution in [0.2, 0.25) is 0 Å². The molecule has 1 aliphatic rings. The summed E-state index contributed by atoms with van der Waals surface area (Å²) in [6, 6.07) is -0.721. The Bertz CT molecular complexity index is 270. The van der Waals surface area contributed by atoms with Crippen molar-refractivity contribution in [3.63, 3.8) is 0 Å². The summed E-state index contributed by atoms with van der Waals surface area (Å²) in [7, 11) is 0. The van der Waals surface area contributed by atoms with Gasteiger partial charge in [-0.15, -0.1) is 0 Å². The van der Waals surface area contributed by atoms with E-state index in [9.17, 15) is 9.59 Å². The van der Waals surface area contributed by atoms with Gasteiger partial charge in [0.05, 0.1) is 6.10 Å². The van der Waals surface area contributed by atoms with Crippen LogP contribution in [0, 0.1) is 0 Å². The minimum absolute atomic E-state index is 0.0896. The van der Waals surface area contributed by atoms with Crippen LogP contribution in [0.1, 0.15) is 20.3 Å². The Balaban J connectivity index is 2.37. The summed E-state index contributed by atoms with van der Waals surface area (Å²) in [5, 5.41) is 14.3. The third kappa shape index (κ3) is 3.79. The van der Waals surface area contributed by atoms with Crippen molar-refractivity contribution in [3.05, 3.63) is 0 Å². The lowest BCUT2D eigenvalue weighted by Crippen LogP contribution is -2.49. The molecule has 1 amide bonds. The first-order chi connectivity index (χ1) is 7.50. The van der Waals surface area contributed by atoms with E-state index < -0.39 is 12.0 Å².